The van der Waals surface area contributed by atoms with Crippen molar-refractivity contribution in [3.63, 3.8) is 0 Å². The Labute approximate surface area is 183 Å². The van der Waals surface area contributed by atoms with Crippen LogP contribution in [-0.2, 0) is 9.53 Å². The van der Waals surface area contributed by atoms with E-state index in [1.54, 1.807) is 20.8 Å². The highest BCUT2D eigenvalue weighted by atomic mass is 16.5. The lowest BCUT2D eigenvalue weighted by Crippen LogP contribution is -2.45. The summed E-state index contributed by atoms with van der Waals surface area (Å²) in [6, 6.07) is 7.51. The number of amides is 2. The summed E-state index contributed by atoms with van der Waals surface area (Å²) in [5.74, 6) is -0.871. The molecule has 2 amide bonds. The molecule has 1 fully saturated rings. The van der Waals surface area contributed by atoms with Crippen molar-refractivity contribution in [2.24, 2.45) is 0 Å². The number of rotatable bonds is 6. The van der Waals surface area contributed by atoms with E-state index in [1.807, 2.05) is 36.1 Å². The number of aryl methyl sites for hydroxylation is 2. The predicted octanol–water partition coefficient (Wildman–Crippen LogP) is 3.78. The number of hydrogen-bond donors (Lipinski definition) is 1. The van der Waals surface area contributed by atoms with Gasteiger partial charge in [-0.25, -0.2) is 4.79 Å². The largest absolute Gasteiger partial charge is 0.462 e. The molecule has 0 aliphatic carbocycles. The van der Waals surface area contributed by atoms with Gasteiger partial charge in [0.25, 0.3) is 5.91 Å². The molecule has 166 valence electrons. The van der Waals surface area contributed by atoms with Crippen molar-refractivity contribution in [3.05, 3.63) is 52.3 Å². The lowest BCUT2D eigenvalue weighted by atomic mass is 10.1. The molecule has 0 unspecified atom stereocenters. The summed E-state index contributed by atoms with van der Waals surface area (Å²) in [6.07, 6.45) is 3.10. The Hall–Kier alpha value is -3.09. The van der Waals surface area contributed by atoms with Crippen LogP contribution in [-0.4, -0.2) is 53.9 Å². The summed E-state index contributed by atoms with van der Waals surface area (Å²) in [6.45, 7) is 8.84. The monoisotopic (exact) mass is 425 g/mol. The number of aromatic nitrogens is 1. The van der Waals surface area contributed by atoms with Gasteiger partial charge >= 0.3 is 5.97 Å². The molecule has 1 aromatic heterocycles. The molecule has 0 saturated carbocycles. The van der Waals surface area contributed by atoms with Crippen LogP contribution in [0.25, 0.3) is 0 Å². The molecule has 1 N–H and O–H groups in total. The van der Waals surface area contributed by atoms with E-state index < -0.39 is 5.97 Å². The lowest BCUT2D eigenvalue weighted by molar-refractivity contribution is -0.130. The normalized spacial score (nSPS) is 13.7. The first-order valence-corrected chi connectivity index (χ1v) is 10.9. The Morgan fingerprint density at radius 1 is 1.03 bits per heavy atom. The maximum absolute atomic E-state index is 13.6. The van der Waals surface area contributed by atoms with Crippen LogP contribution in [0.3, 0.4) is 0 Å². The van der Waals surface area contributed by atoms with E-state index in [1.165, 1.54) is 4.90 Å². The van der Waals surface area contributed by atoms with Gasteiger partial charge in [-0.15, -0.1) is 0 Å². The van der Waals surface area contributed by atoms with E-state index in [2.05, 4.69) is 4.98 Å². The van der Waals surface area contributed by atoms with Crippen molar-refractivity contribution in [1.29, 1.82) is 0 Å². The van der Waals surface area contributed by atoms with Crippen LogP contribution in [0.1, 0.15) is 63.9 Å². The molecule has 1 aliphatic rings. The second kappa shape index (κ2) is 9.81. The molecule has 31 heavy (non-hydrogen) atoms. The van der Waals surface area contributed by atoms with Crippen molar-refractivity contribution < 1.29 is 19.1 Å². The fraction of sp³-hybridized carbons (Fsp3) is 0.458. The first-order chi connectivity index (χ1) is 14.8. The molecule has 0 atom stereocenters. The molecule has 1 aromatic carbocycles. The minimum atomic E-state index is -0.459. The van der Waals surface area contributed by atoms with Gasteiger partial charge in [0.1, 0.15) is 12.2 Å². The maximum Gasteiger partial charge on any atom is 0.340 e. The van der Waals surface area contributed by atoms with Crippen LogP contribution in [0.15, 0.2) is 24.3 Å². The van der Waals surface area contributed by atoms with Crippen molar-refractivity contribution in [1.82, 2.24) is 9.88 Å². The van der Waals surface area contributed by atoms with Gasteiger partial charge in [-0.3, -0.25) is 14.5 Å². The van der Waals surface area contributed by atoms with E-state index in [0.717, 1.165) is 37.9 Å². The van der Waals surface area contributed by atoms with Gasteiger partial charge in [-0.2, -0.15) is 0 Å². The third-order valence-electron chi connectivity index (χ3n) is 5.72. The van der Waals surface area contributed by atoms with Crippen LogP contribution in [0.2, 0.25) is 0 Å². The smallest absolute Gasteiger partial charge is 0.340 e. The first kappa shape index (κ1) is 22.6. The molecule has 7 nitrogen and oxygen atoms in total. The first-order valence-electron chi connectivity index (χ1n) is 10.9. The van der Waals surface area contributed by atoms with Gasteiger partial charge in [0.15, 0.2) is 0 Å². The number of ether oxygens (including phenoxy) is 1. The standard InChI is InChI=1S/C24H31N3O4/c1-5-31-24(30)21-17(3)22(25-18(21)4)23(29)27(19-11-9-16(2)10-12-19)15-20(28)26-13-7-6-8-14-26/h9-12,25H,5-8,13-15H2,1-4H3. The highest BCUT2D eigenvalue weighted by Crippen LogP contribution is 2.24. The molecule has 7 heteroatoms. The zero-order valence-corrected chi connectivity index (χ0v) is 18.8. The van der Waals surface area contributed by atoms with E-state index in [9.17, 15) is 14.4 Å². The van der Waals surface area contributed by atoms with E-state index in [0.29, 0.717) is 28.2 Å². The Balaban J connectivity index is 1.94. The molecule has 2 aromatic rings. The average Bonchev–Trinajstić information content (AvgIpc) is 3.07. The highest BCUT2D eigenvalue weighted by Gasteiger charge is 2.29. The van der Waals surface area contributed by atoms with E-state index in [4.69, 9.17) is 4.74 Å². The van der Waals surface area contributed by atoms with Crippen molar-refractivity contribution in [3.8, 4) is 0 Å². The number of carbonyl (C=O) groups is 3. The molecule has 3 rings (SSSR count). The van der Waals surface area contributed by atoms with E-state index in [-0.39, 0.29) is 25.0 Å². The summed E-state index contributed by atoms with van der Waals surface area (Å²) in [5.41, 5.74) is 3.48. The van der Waals surface area contributed by atoms with Gasteiger partial charge in [0.2, 0.25) is 5.91 Å². The number of likely N-dealkylation sites (tertiary alicyclic amines) is 1. The Morgan fingerprint density at radius 2 is 1.68 bits per heavy atom. The van der Waals surface area contributed by atoms with Crippen LogP contribution < -0.4 is 4.90 Å². The van der Waals surface area contributed by atoms with Crippen molar-refractivity contribution in [2.45, 2.75) is 47.0 Å². The molecule has 1 aliphatic heterocycles. The molecule has 0 bridgehead atoms. The van der Waals surface area contributed by atoms with Gasteiger partial charge < -0.3 is 14.6 Å². The van der Waals surface area contributed by atoms with Gasteiger partial charge in [0.05, 0.1) is 12.2 Å². The van der Waals surface area contributed by atoms with Crippen LogP contribution in [0, 0.1) is 20.8 Å². The minimum absolute atomic E-state index is 0.0475. The molecule has 0 radical (unpaired) electrons. The quantitative estimate of drug-likeness (QED) is 0.714. The number of piperidine rings is 1. The van der Waals surface area contributed by atoms with Gasteiger partial charge in [-0.05, 0) is 64.7 Å². The minimum Gasteiger partial charge on any atom is -0.462 e. The SMILES string of the molecule is CCOC(=O)c1c(C)[nH]c(C(=O)N(CC(=O)N2CCCCC2)c2ccc(C)cc2)c1C. The molecular weight excluding hydrogens is 394 g/mol. The lowest BCUT2D eigenvalue weighted by Gasteiger charge is -2.30. The molecule has 2 heterocycles. The van der Waals surface area contributed by atoms with Crippen LogP contribution in [0.5, 0.6) is 0 Å². The van der Waals surface area contributed by atoms with Crippen molar-refractivity contribution in [2.75, 3.05) is 31.1 Å². The summed E-state index contributed by atoms with van der Waals surface area (Å²) in [7, 11) is 0. The Bertz CT molecular complexity index is 956. The number of aromatic amines is 1. The molecule has 1 saturated heterocycles. The number of anilines is 1. The fourth-order valence-corrected chi connectivity index (χ4v) is 3.99. The second-order valence-corrected chi connectivity index (χ2v) is 8.01. The Kier molecular flexibility index (Phi) is 7.15. The number of esters is 1. The molecular formula is C24H31N3O4. The Morgan fingerprint density at radius 3 is 2.29 bits per heavy atom. The third-order valence-corrected chi connectivity index (χ3v) is 5.72. The number of H-pyrrole nitrogens is 1. The van der Waals surface area contributed by atoms with Gasteiger partial charge in [0, 0.05) is 24.5 Å². The average molecular weight is 426 g/mol. The maximum atomic E-state index is 13.6. The van der Waals surface area contributed by atoms with Crippen LogP contribution in [0.4, 0.5) is 5.69 Å². The van der Waals surface area contributed by atoms with Crippen molar-refractivity contribution >= 4 is 23.5 Å². The number of benzene rings is 1. The number of carbonyl (C=O) groups excluding carboxylic acids is 3. The van der Waals surface area contributed by atoms with Gasteiger partial charge in [-0.1, -0.05) is 17.7 Å². The second-order valence-electron chi connectivity index (χ2n) is 8.01. The van der Waals surface area contributed by atoms with Crippen LogP contribution >= 0.6 is 0 Å². The molecule has 0 spiro atoms. The summed E-state index contributed by atoms with van der Waals surface area (Å²) in [4.78, 5) is 45.3. The third kappa shape index (κ3) is 4.98. The number of hydrogen-bond acceptors (Lipinski definition) is 4. The number of nitrogens with zero attached hydrogens (tertiary/aromatic N) is 2. The topological polar surface area (TPSA) is 82.7 Å². The zero-order chi connectivity index (χ0) is 22.5. The van der Waals surface area contributed by atoms with E-state index >= 15 is 0 Å². The summed E-state index contributed by atoms with van der Waals surface area (Å²) < 4.78 is 5.14. The highest BCUT2D eigenvalue weighted by molar-refractivity contribution is 6.10. The summed E-state index contributed by atoms with van der Waals surface area (Å²) in [5, 5.41) is 0. The zero-order valence-electron chi connectivity index (χ0n) is 18.8. The predicted molar refractivity (Wildman–Crippen MR) is 120 cm³/mol. The summed E-state index contributed by atoms with van der Waals surface area (Å²) >= 11 is 0. The fourth-order valence-electron chi connectivity index (χ4n) is 3.99. The number of nitrogens with one attached hydrogen (secondary N) is 1.